The van der Waals surface area contributed by atoms with Crippen LogP contribution in [-0.2, 0) is 17.9 Å². The number of aromatic nitrogens is 1. The Balaban J connectivity index is 1.73. The Bertz CT molecular complexity index is 725. The largest absolute Gasteiger partial charge is 0.345 e. The third-order valence-electron chi connectivity index (χ3n) is 5.55. The molecule has 3 nitrogen and oxygen atoms in total. The van der Waals surface area contributed by atoms with Gasteiger partial charge < -0.3 is 9.47 Å². The highest BCUT2D eigenvalue weighted by Gasteiger charge is 2.28. The molecule has 0 atom stereocenters. The maximum Gasteiger partial charge on any atom is 0.226 e. The van der Waals surface area contributed by atoms with Gasteiger partial charge in [-0.3, -0.25) is 4.79 Å². The van der Waals surface area contributed by atoms with Crippen LogP contribution in [0.15, 0.2) is 42.6 Å². The molecule has 26 heavy (non-hydrogen) atoms. The first-order chi connectivity index (χ1) is 12.5. The molecule has 1 aliphatic carbocycles. The summed E-state index contributed by atoms with van der Waals surface area (Å²) >= 11 is 0. The van der Waals surface area contributed by atoms with Crippen LogP contribution in [-0.4, -0.2) is 21.4 Å². The number of amides is 1. The predicted molar refractivity (Wildman–Crippen MR) is 107 cm³/mol. The highest BCUT2D eigenvalue weighted by Crippen LogP contribution is 2.27. The van der Waals surface area contributed by atoms with Gasteiger partial charge in [0.05, 0.1) is 6.54 Å². The fourth-order valence-electron chi connectivity index (χ4n) is 4.03. The number of hydrogen-bond donors (Lipinski definition) is 0. The molecule has 0 unspecified atom stereocenters. The number of carbonyl (C=O) groups is 1. The summed E-state index contributed by atoms with van der Waals surface area (Å²) in [6.45, 7) is 7.95. The van der Waals surface area contributed by atoms with Crippen molar-refractivity contribution in [2.75, 3.05) is 0 Å². The van der Waals surface area contributed by atoms with Gasteiger partial charge in [-0.15, -0.1) is 0 Å². The van der Waals surface area contributed by atoms with E-state index in [0.717, 1.165) is 19.4 Å². The van der Waals surface area contributed by atoms with E-state index < -0.39 is 0 Å². The van der Waals surface area contributed by atoms with E-state index in [1.54, 1.807) is 0 Å². The molecule has 0 saturated heterocycles. The fourth-order valence-corrected chi connectivity index (χ4v) is 4.03. The minimum absolute atomic E-state index is 0.228. The van der Waals surface area contributed by atoms with Crippen LogP contribution in [0.3, 0.4) is 0 Å². The molecule has 0 N–H and O–H groups in total. The van der Waals surface area contributed by atoms with Crippen molar-refractivity contribution in [3.8, 4) is 0 Å². The highest BCUT2D eigenvalue weighted by atomic mass is 16.2. The summed E-state index contributed by atoms with van der Waals surface area (Å²) in [5.74, 6) is 0.578. The molecule has 0 aliphatic heterocycles. The van der Waals surface area contributed by atoms with Crippen molar-refractivity contribution < 1.29 is 4.79 Å². The van der Waals surface area contributed by atoms with Crippen LogP contribution < -0.4 is 0 Å². The maximum absolute atomic E-state index is 13.1. The van der Waals surface area contributed by atoms with E-state index in [4.69, 9.17) is 0 Å². The summed E-state index contributed by atoms with van der Waals surface area (Å²) in [6, 6.07) is 13.1. The van der Waals surface area contributed by atoms with Gasteiger partial charge >= 0.3 is 0 Å². The minimum atomic E-state index is 0.228. The zero-order valence-corrected chi connectivity index (χ0v) is 16.4. The van der Waals surface area contributed by atoms with E-state index >= 15 is 0 Å². The standard InChI is InChI=1S/C23H32N2O/c1-18(2)25(23(26)21-11-5-4-6-12-21)17-22-13-8-14-24(22)16-20-10-7-9-19(3)15-20/h7-10,13-15,18,21H,4-6,11-12,16-17H2,1-3H3. The van der Waals surface area contributed by atoms with Gasteiger partial charge in [0.2, 0.25) is 5.91 Å². The zero-order valence-electron chi connectivity index (χ0n) is 16.4. The first-order valence-electron chi connectivity index (χ1n) is 10.0. The summed E-state index contributed by atoms with van der Waals surface area (Å²) in [5, 5.41) is 0. The second-order valence-electron chi connectivity index (χ2n) is 8.01. The molecule has 0 radical (unpaired) electrons. The second-order valence-corrected chi connectivity index (χ2v) is 8.01. The molecule has 1 amide bonds. The van der Waals surface area contributed by atoms with Crippen molar-refractivity contribution in [3.05, 3.63) is 59.4 Å². The van der Waals surface area contributed by atoms with E-state index in [1.165, 1.54) is 36.1 Å². The normalized spacial score (nSPS) is 15.4. The monoisotopic (exact) mass is 352 g/mol. The Morgan fingerprint density at radius 3 is 2.62 bits per heavy atom. The third kappa shape index (κ3) is 4.57. The van der Waals surface area contributed by atoms with Crippen molar-refractivity contribution in [2.45, 2.75) is 72.0 Å². The van der Waals surface area contributed by atoms with Crippen molar-refractivity contribution in [1.82, 2.24) is 9.47 Å². The Labute approximate surface area is 158 Å². The molecule has 3 heteroatoms. The summed E-state index contributed by atoms with van der Waals surface area (Å²) in [4.78, 5) is 15.2. The van der Waals surface area contributed by atoms with E-state index in [9.17, 15) is 4.79 Å². The number of hydrogen-bond acceptors (Lipinski definition) is 1. The SMILES string of the molecule is Cc1cccc(Cn2cccc2CN(C(=O)C2CCCCC2)C(C)C)c1. The number of benzene rings is 1. The zero-order chi connectivity index (χ0) is 18.5. The lowest BCUT2D eigenvalue weighted by atomic mass is 9.88. The molecule has 140 valence electrons. The molecule has 1 aromatic carbocycles. The van der Waals surface area contributed by atoms with Crippen molar-refractivity contribution in [3.63, 3.8) is 0 Å². The summed E-state index contributed by atoms with van der Waals surface area (Å²) in [5.41, 5.74) is 3.80. The van der Waals surface area contributed by atoms with Crippen LogP contribution in [0, 0.1) is 12.8 Å². The average molecular weight is 353 g/mol. The number of carbonyl (C=O) groups excluding carboxylic acids is 1. The van der Waals surface area contributed by atoms with E-state index in [-0.39, 0.29) is 12.0 Å². The first kappa shape index (κ1) is 18.8. The molecular formula is C23H32N2O. The molecule has 1 heterocycles. The maximum atomic E-state index is 13.1. The Hall–Kier alpha value is -2.03. The van der Waals surface area contributed by atoms with Crippen LogP contribution >= 0.6 is 0 Å². The van der Waals surface area contributed by atoms with Gasteiger partial charge in [-0.05, 0) is 51.3 Å². The lowest BCUT2D eigenvalue weighted by Crippen LogP contribution is -2.41. The Morgan fingerprint density at radius 1 is 1.15 bits per heavy atom. The predicted octanol–water partition coefficient (Wildman–Crippen LogP) is 5.16. The van der Waals surface area contributed by atoms with Gasteiger partial charge in [-0.2, -0.15) is 0 Å². The smallest absolute Gasteiger partial charge is 0.226 e. The van der Waals surface area contributed by atoms with E-state index in [2.05, 4.69) is 72.8 Å². The van der Waals surface area contributed by atoms with Crippen LogP contribution in [0.25, 0.3) is 0 Å². The number of rotatable bonds is 6. The Morgan fingerprint density at radius 2 is 1.92 bits per heavy atom. The average Bonchev–Trinajstić information content (AvgIpc) is 3.06. The third-order valence-corrected chi connectivity index (χ3v) is 5.55. The molecule has 1 aromatic heterocycles. The van der Waals surface area contributed by atoms with Gasteiger partial charge in [-0.1, -0.05) is 49.1 Å². The molecular weight excluding hydrogens is 320 g/mol. The molecule has 2 aromatic rings. The molecule has 1 saturated carbocycles. The quantitative estimate of drug-likeness (QED) is 0.705. The summed E-state index contributed by atoms with van der Waals surface area (Å²) < 4.78 is 2.28. The Kier molecular flexibility index (Phi) is 6.18. The van der Waals surface area contributed by atoms with Gasteiger partial charge in [0.1, 0.15) is 0 Å². The van der Waals surface area contributed by atoms with Gasteiger partial charge in [-0.25, -0.2) is 0 Å². The highest BCUT2D eigenvalue weighted by molar-refractivity contribution is 5.79. The minimum Gasteiger partial charge on any atom is -0.345 e. The van der Waals surface area contributed by atoms with Gasteiger partial charge in [0, 0.05) is 30.4 Å². The summed E-state index contributed by atoms with van der Waals surface area (Å²) in [6.07, 6.45) is 7.93. The van der Waals surface area contributed by atoms with Crippen molar-refractivity contribution >= 4 is 5.91 Å². The van der Waals surface area contributed by atoms with Crippen molar-refractivity contribution in [1.29, 1.82) is 0 Å². The van der Waals surface area contributed by atoms with E-state index in [0.29, 0.717) is 12.5 Å². The summed E-state index contributed by atoms with van der Waals surface area (Å²) in [7, 11) is 0. The molecule has 3 rings (SSSR count). The van der Waals surface area contributed by atoms with Crippen LogP contribution in [0.4, 0.5) is 0 Å². The fraction of sp³-hybridized carbons (Fsp3) is 0.522. The lowest BCUT2D eigenvalue weighted by molar-refractivity contribution is -0.139. The molecule has 0 bridgehead atoms. The van der Waals surface area contributed by atoms with Crippen LogP contribution in [0.1, 0.15) is 62.8 Å². The number of nitrogens with zero attached hydrogens (tertiary/aromatic N) is 2. The van der Waals surface area contributed by atoms with Crippen LogP contribution in [0.5, 0.6) is 0 Å². The van der Waals surface area contributed by atoms with Gasteiger partial charge in [0.25, 0.3) is 0 Å². The lowest BCUT2D eigenvalue weighted by Gasteiger charge is -2.32. The van der Waals surface area contributed by atoms with Crippen molar-refractivity contribution in [2.24, 2.45) is 5.92 Å². The van der Waals surface area contributed by atoms with Crippen LogP contribution in [0.2, 0.25) is 0 Å². The molecule has 0 spiro atoms. The molecule has 1 aliphatic rings. The second kappa shape index (κ2) is 8.57. The first-order valence-corrected chi connectivity index (χ1v) is 10.0. The van der Waals surface area contributed by atoms with E-state index in [1.807, 2.05) is 0 Å². The topological polar surface area (TPSA) is 25.2 Å². The number of aryl methyl sites for hydroxylation is 1. The molecule has 1 fully saturated rings. The van der Waals surface area contributed by atoms with Gasteiger partial charge in [0.15, 0.2) is 0 Å².